The molecule has 1 nitrogen and oxygen atoms in total. The standard InChI is InChI=1S/C14H17NS/c1-2-9-15-11-12-6-3-4-7-13(12)14-8-5-10-16-14/h3-8,10,15H,2,9,11H2,1H3. The molecule has 0 bridgehead atoms. The molecule has 0 saturated carbocycles. The molecule has 0 aliphatic heterocycles. The smallest absolute Gasteiger partial charge is 0.0345 e. The second-order valence-corrected chi connectivity index (χ2v) is 4.76. The summed E-state index contributed by atoms with van der Waals surface area (Å²) >= 11 is 1.80. The number of thiophene rings is 1. The molecule has 2 aromatic rings. The van der Waals surface area contributed by atoms with E-state index in [-0.39, 0.29) is 0 Å². The van der Waals surface area contributed by atoms with Crippen LogP contribution in [0.5, 0.6) is 0 Å². The van der Waals surface area contributed by atoms with Crippen LogP contribution in [-0.2, 0) is 6.54 Å². The molecule has 84 valence electrons. The molecule has 1 aromatic heterocycles. The number of benzene rings is 1. The summed E-state index contributed by atoms with van der Waals surface area (Å²) in [6.45, 7) is 4.23. The van der Waals surface area contributed by atoms with Crippen molar-refractivity contribution in [3.63, 3.8) is 0 Å². The van der Waals surface area contributed by atoms with E-state index in [1.165, 1.54) is 22.4 Å². The van der Waals surface area contributed by atoms with Gasteiger partial charge in [-0.2, -0.15) is 0 Å². The maximum absolute atomic E-state index is 3.46. The molecule has 0 aliphatic rings. The van der Waals surface area contributed by atoms with Gasteiger partial charge in [0.1, 0.15) is 0 Å². The van der Waals surface area contributed by atoms with Crippen molar-refractivity contribution in [2.75, 3.05) is 6.54 Å². The van der Waals surface area contributed by atoms with Crippen LogP contribution >= 0.6 is 11.3 Å². The van der Waals surface area contributed by atoms with E-state index in [1.54, 1.807) is 11.3 Å². The van der Waals surface area contributed by atoms with E-state index in [0.29, 0.717) is 0 Å². The Morgan fingerprint density at radius 1 is 1.12 bits per heavy atom. The third kappa shape index (κ3) is 2.71. The average molecular weight is 231 g/mol. The fourth-order valence-corrected chi connectivity index (χ4v) is 2.53. The molecular weight excluding hydrogens is 214 g/mol. The third-order valence-corrected chi connectivity index (χ3v) is 3.45. The lowest BCUT2D eigenvalue weighted by Crippen LogP contribution is -2.14. The SMILES string of the molecule is CCCNCc1ccccc1-c1cccs1. The number of hydrogen-bond acceptors (Lipinski definition) is 2. The fourth-order valence-electron chi connectivity index (χ4n) is 1.75. The topological polar surface area (TPSA) is 12.0 Å². The Hall–Kier alpha value is -1.12. The zero-order chi connectivity index (χ0) is 11.2. The summed E-state index contributed by atoms with van der Waals surface area (Å²) in [5.41, 5.74) is 2.75. The van der Waals surface area contributed by atoms with Gasteiger partial charge in [0.15, 0.2) is 0 Å². The van der Waals surface area contributed by atoms with Crippen molar-refractivity contribution in [2.45, 2.75) is 19.9 Å². The molecule has 0 radical (unpaired) electrons. The molecule has 16 heavy (non-hydrogen) atoms. The summed E-state index contributed by atoms with van der Waals surface area (Å²) in [5, 5.41) is 5.59. The summed E-state index contributed by atoms with van der Waals surface area (Å²) < 4.78 is 0. The highest BCUT2D eigenvalue weighted by Gasteiger charge is 2.04. The van der Waals surface area contributed by atoms with Gasteiger partial charge in [0.25, 0.3) is 0 Å². The molecule has 0 aliphatic carbocycles. The third-order valence-electron chi connectivity index (χ3n) is 2.55. The highest BCUT2D eigenvalue weighted by molar-refractivity contribution is 7.13. The molecule has 0 amide bonds. The maximum Gasteiger partial charge on any atom is 0.0345 e. The first-order valence-corrected chi connectivity index (χ1v) is 6.62. The average Bonchev–Trinajstić information content (AvgIpc) is 2.83. The van der Waals surface area contributed by atoms with Gasteiger partial charge in [-0.3, -0.25) is 0 Å². The summed E-state index contributed by atoms with van der Waals surface area (Å²) in [4.78, 5) is 1.36. The Kier molecular flexibility index (Phi) is 4.14. The van der Waals surface area contributed by atoms with Crippen molar-refractivity contribution in [3.8, 4) is 10.4 Å². The second-order valence-electron chi connectivity index (χ2n) is 3.81. The van der Waals surface area contributed by atoms with Gasteiger partial charge in [-0.05, 0) is 35.5 Å². The quantitative estimate of drug-likeness (QED) is 0.769. The molecule has 1 N–H and O–H groups in total. The molecule has 2 rings (SSSR count). The Morgan fingerprint density at radius 3 is 2.75 bits per heavy atom. The van der Waals surface area contributed by atoms with Crippen LogP contribution in [0, 0.1) is 0 Å². The zero-order valence-electron chi connectivity index (χ0n) is 9.57. The number of hydrogen-bond donors (Lipinski definition) is 1. The maximum atomic E-state index is 3.46. The first kappa shape index (κ1) is 11.4. The van der Waals surface area contributed by atoms with Crippen molar-refractivity contribution in [1.29, 1.82) is 0 Å². The Morgan fingerprint density at radius 2 is 2.00 bits per heavy atom. The summed E-state index contributed by atoms with van der Waals surface area (Å²) in [6.07, 6.45) is 1.18. The van der Waals surface area contributed by atoms with Crippen molar-refractivity contribution in [3.05, 3.63) is 47.3 Å². The Balaban J connectivity index is 2.18. The lowest BCUT2D eigenvalue weighted by Gasteiger charge is -2.08. The van der Waals surface area contributed by atoms with E-state index in [0.717, 1.165) is 13.1 Å². The van der Waals surface area contributed by atoms with Crippen LogP contribution in [0.4, 0.5) is 0 Å². The molecule has 0 saturated heterocycles. The van der Waals surface area contributed by atoms with Crippen LogP contribution in [0.25, 0.3) is 10.4 Å². The van der Waals surface area contributed by atoms with Crippen LogP contribution < -0.4 is 5.32 Å². The van der Waals surface area contributed by atoms with E-state index in [9.17, 15) is 0 Å². The minimum absolute atomic E-state index is 0.960. The van der Waals surface area contributed by atoms with Crippen molar-refractivity contribution < 1.29 is 0 Å². The van der Waals surface area contributed by atoms with Crippen LogP contribution in [0.2, 0.25) is 0 Å². The minimum Gasteiger partial charge on any atom is -0.313 e. The highest BCUT2D eigenvalue weighted by atomic mass is 32.1. The van der Waals surface area contributed by atoms with Gasteiger partial charge < -0.3 is 5.32 Å². The van der Waals surface area contributed by atoms with Crippen molar-refractivity contribution in [2.24, 2.45) is 0 Å². The second kappa shape index (κ2) is 5.83. The van der Waals surface area contributed by atoms with Gasteiger partial charge in [-0.25, -0.2) is 0 Å². The first-order valence-electron chi connectivity index (χ1n) is 5.74. The van der Waals surface area contributed by atoms with Crippen LogP contribution in [0.3, 0.4) is 0 Å². The molecular formula is C14H17NS. The van der Waals surface area contributed by atoms with E-state index in [2.05, 4.69) is 54.0 Å². The lowest BCUT2D eigenvalue weighted by atomic mass is 10.1. The fraction of sp³-hybridized carbons (Fsp3) is 0.286. The largest absolute Gasteiger partial charge is 0.313 e. The molecule has 2 heteroatoms. The lowest BCUT2D eigenvalue weighted by molar-refractivity contribution is 0.676. The van der Waals surface area contributed by atoms with E-state index in [4.69, 9.17) is 0 Å². The number of rotatable bonds is 5. The van der Waals surface area contributed by atoms with Gasteiger partial charge in [0, 0.05) is 11.4 Å². The minimum atomic E-state index is 0.960. The molecule has 1 heterocycles. The number of nitrogens with one attached hydrogen (secondary N) is 1. The Bertz CT molecular complexity index is 420. The predicted molar refractivity (Wildman–Crippen MR) is 71.8 cm³/mol. The van der Waals surface area contributed by atoms with Gasteiger partial charge in [0.2, 0.25) is 0 Å². The molecule has 0 unspecified atom stereocenters. The van der Waals surface area contributed by atoms with Crippen LogP contribution in [-0.4, -0.2) is 6.54 Å². The Labute approximate surface area is 101 Å². The summed E-state index contributed by atoms with van der Waals surface area (Å²) in [6, 6.07) is 12.9. The van der Waals surface area contributed by atoms with Crippen LogP contribution in [0.1, 0.15) is 18.9 Å². The van der Waals surface area contributed by atoms with Crippen molar-refractivity contribution >= 4 is 11.3 Å². The predicted octanol–water partition coefficient (Wildman–Crippen LogP) is 3.91. The highest BCUT2D eigenvalue weighted by Crippen LogP contribution is 2.27. The van der Waals surface area contributed by atoms with E-state index < -0.39 is 0 Å². The summed E-state index contributed by atoms with van der Waals surface area (Å²) in [5.74, 6) is 0. The van der Waals surface area contributed by atoms with Gasteiger partial charge in [0.05, 0.1) is 0 Å². The van der Waals surface area contributed by atoms with Gasteiger partial charge in [-0.15, -0.1) is 11.3 Å². The molecule has 0 spiro atoms. The first-order chi connectivity index (χ1) is 7.92. The zero-order valence-corrected chi connectivity index (χ0v) is 10.4. The van der Waals surface area contributed by atoms with E-state index >= 15 is 0 Å². The molecule has 1 aromatic carbocycles. The molecule has 0 atom stereocenters. The normalized spacial score (nSPS) is 10.6. The van der Waals surface area contributed by atoms with Crippen LogP contribution in [0.15, 0.2) is 41.8 Å². The van der Waals surface area contributed by atoms with E-state index in [1.807, 2.05) is 0 Å². The van der Waals surface area contributed by atoms with Crippen molar-refractivity contribution in [1.82, 2.24) is 5.32 Å². The molecule has 0 fully saturated rings. The van der Waals surface area contributed by atoms with Gasteiger partial charge in [-0.1, -0.05) is 37.3 Å². The monoisotopic (exact) mass is 231 g/mol. The summed E-state index contributed by atoms with van der Waals surface area (Å²) in [7, 11) is 0. The van der Waals surface area contributed by atoms with Gasteiger partial charge >= 0.3 is 0 Å².